The number of para-hydroxylation sites is 1. The van der Waals surface area contributed by atoms with Gasteiger partial charge in [0.15, 0.2) is 17.6 Å². The third-order valence-electron chi connectivity index (χ3n) is 6.20. The number of Topliss-reactive ketones (excluding diaryl/α,β-unsaturated/α-hetero) is 1. The van der Waals surface area contributed by atoms with Crippen molar-refractivity contribution in [3.8, 4) is 17.2 Å². The van der Waals surface area contributed by atoms with Crippen LogP contribution in [0.2, 0.25) is 5.02 Å². The van der Waals surface area contributed by atoms with E-state index < -0.39 is 52.6 Å². The number of carboxylic acid groups (broad SMARTS) is 1. The predicted molar refractivity (Wildman–Crippen MR) is 157 cm³/mol. The molecule has 0 aliphatic carbocycles. The zero-order valence-corrected chi connectivity index (χ0v) is 24.8. The van der Waals surface area contributed by atoms with Gasteiger partial charge in [-0.15, -0.1) is 0 Å². The van der Waals surface area contributed by atoms with Gasteiger partial charge in [0.05, 0.1) is 11.9 Å². The highest BCUT2D eigenvalue weighted by molar-refractivity contribution is 6.31. The van der Waals surface area contributed by atoms with Crippen LogP contribution in [0.5, 0.6) is 17.2 Å². The monoisotopic (exact) mass is 633 g/mol. The molecule has 234 valence electrons. The fourth-order valence-electron chi connectivity index (χ4n) is 3.97. The van der Waals surface area contributed by atoms with Gasteiger partial charge < -0.3 is 30.0 Å². The second kappa shape index (κ2) is 14.8. The van der Waals surface area contributed by atoms with Crippen molar-refractivity contribution in [2.24, 2.45) is 18.7 Å². The zero-order valence-electron chi connectivity index (χ0n) is 24.0. The molecule has 0 amide bonds. The van der Waals surface area contributed by atoms with Crippen LogP contribution in [0.3, 0.4) is 0 Å². The molecule has 44 heavy (non-hydrogen) atoms. The minimum atomic E-state index is -4.97. The Balaban J connectivity index is 0.000000502. The number of aromatic hydroxyl groups is 1. The molecular weight excluding hydrogens is 603 g/mol. The number of imidazole rings is 1. The van der Waals surface area contributed by atoms with Gasteiger partial charge in [-0.3, -0.25) is 4.79 Å². The van der Waals surface area contributed by atoms with Crippen LogP contribution in [0.25, 0.3) is 0 Å². The lowest BCUT2D eigenvalue weighted by Gasteiger charge is -2.23. The highest BCUT2D eigenvalue weighted by Crippen LogP contribution is 2.44. The van der Waals surface area contributed by atoms with Crippen LogP contribution in [0, 0.1) is 5.92 Å². The molecule has 0 saturated heterocycles. The van der Waals surface area contributed by atoms with Crippen LogP contribution in [0.15, 0.2) is 73.2 Å². The molecule has 0 aliphatic heterocycles. The molecule has 4 aromatic rings. The Morgan fingerprint density at radius 3 is 2.27 bits per heavy atom. The van der Waals surface area contributed by atoms with Crippen LogP contribution in [-0.2, 0) is 19.8 Å². The van der Waals surface area contributed by atoms with Crippen LogP contribution in [-0.4, -0.2) is 38.1 Å². The van der Waals surface area contributed by atoms with E-state index in [0.717, 1.165) is 17.7 Å². The van der Waals surface area contributed by atoms with E-state index in [1.807, 2.05) is 0 Å². The molecule has 0 spiro atoms. The molecule has 0 saturated carbocycles. The van der Waals surface area contributed by atoms with Gasteiger partial charge in [-0.1, -0.05) is 55.8 Å². The van der Waals surface area contributed by atoms with Crippen molar-refractivity contribution in [1.82, 2.24) is 9.55 Å². The normalized spacial score (nSPS) is 11.8. The molecule has 1 atom stereocenters. The molecule has 4 N–H and O–H groups in total. The van der Waals surface area contributed by atoms with E-state index in [2.05, 4.69) is 4.98 Å². The maximum atomic E-state index is 13.9. The standard InChI is InChI=1S/C26H25ClF3NO4.C5H6N2O2/c1-15(2)24(32)19-10-11-21(23(25(19)33)26(28,29)30)34-14-22(35-17-6-4-3-5-7-17)18-9-8-16(13-31)12-20(18)27;1-7-2-4(5(8)9)6-3-7/h3-12,15,22,33H,13-14,31H2,1-2H3;2-3H,1H3,(H,8,9). The Kier molecular flexibility index (Phi) is 11.4. The number of carbonyl (C=O) groups is 2. The van der Waals surface area contributed by atoms with Gasteiger partial charge in [-0.2, -0.15) is 13.2 Å². The minimum Gasteiger partial charge on any atom is -0.506 e. The number of hydrogen-bond donors (Lipinski definition) is 3. The summed E-state index contributed by atoms with van der Waals surface area (Å²) in [6, 6.07) is 15.9. The summed E-state index contributed by atoms with van der Waals surface area (Å²) in [6.07, 6.45) is -2.97. The maximum absolute atomic E-state index is 13.9. The molecule has 0 fully saturated rings. The fraction of sp³-hybridized carbons (Fsp3) is 0.258. The number of aromatic carboxylic acids is 1. The number of nitrogens with zero attached hydrogens (tertiary/aromatic N) is 2. The summed E-state index contributed by atoms with van der Waals surface area (Å²) in [4.78, 5) is 26.0. The zero-order chi connectivity index (χ0) is 32.6. The lowest BCUT2D eigenvalue weighted by molar-refractivity contribution is -0.140. The Morgan fingerprint density at radius 2 is 1.77 bits per heavy atom. The van der Waals surface area contributed by atoms with Crippen molar-refractivity contribution in [3.05, 3.63) is 106 Å². The van der Waals surface area contributed by atoms with Crippen molar-refractivity contribution in [2.75, 3.05) is 6.61 Å². The van der Waals surface area contributed by atoms with E-state index in [-0.39, 0.29) is 18.8 Å². The van der Waals surface area contributed by atoms with Crippen molar-refractivity contribution in [3.63, 3.8) is 0 Å². The fourth-order valence-corrected chi connectivity index (χ4v) is 4.30. The summed E-state index contributed by atoms with van der Waals surface area (Å²) in [5.41, 5.74) is 5.15. The smallest absolute Gasteiger partial charge is 0.423 e. The predicted octanol–water partition coefficient (Wildman–Crippen LogP) is 6.68. The first-order valence-corrected chi connectivity index (χ1v) is 13.6. The second-order valence-corrected chi connectivity index (χ2v) is 10.3. The van der Waals surface area contributed by atoms with E-state index in [4.69, 9.17) is 31.9 Å². The molecule has 0 bridgehead atoms. The number of halogens is 4. The van der Waals surface area contributed by atoms with Crippen molar-refractivity contribution >= 4 is 23.4 Å². The van der Waals surface area contributed by atoms with Gasteiger partial charge in [-0.05, 0) is 35.9 Å². The third-order valence-corrected chi connectivity index (χ3v) is 6.52. The number of alkyl halides is 3. The number of ketones is 1. The van der Waals surface area contributed by atoms with Gasteiger partial charge in [-0.25, -0.2) is 9.78 Å². The van der Waals surface area contributed by atoms with Crippen LogP contribution in [0.4, 0.5) is 13.2 Å². The number of benzene rings is 3. The summed E-state index contributed by atoms with van der Waals surface area (Å²) in [5.74, 6) is -3.55. The maximum Gasteiger partial charge on any atom is 0.423 e. The number of hydrogen-bond acceptors (Lipinski definition) is 7. The van der Waals surface area contributed by atoms with Crippen molar-refractivity contribution in [1.29, 1.82) is 0 Å². The summed E-state index contributed by atoms with van der Waals surface area (Å²) >= 11 is 6.42. The minimum absolute atomic E-state index is 0.0810. The first-order valence-electron chi connectivity index (χ1n) is 13.2. The molecule has 1 aromatic heterocycles. The molecule has 1 unspecified atom stereocenters. The molecular formula is C31H31ClF3N3O6. The number of aryl methyl sites for hydroxylation is 1. The number of carboxylic acids is 1. The van der Waals surface area contributed by atoms with Gasteiger partial charge in [0.2, 0.25) is 0 Å². The lowest BCUT2D eigenvalue weighted by atomic mass is 9.97. The lowest BCUT2D eigenvalue weighted by Crippen LogP contribution is -2.20. The van der Waals surface area contributed by atoms with Gasteiger partial charge in [0.1, 0.15) is 29.4 Å². The average molecular weight is 634 g/mol. The number of ether oxygens (including phenoxy) is 2. The molecule has 0 radical (unpaired) electrons. The average Bonchev–Trinajstić information content (AvgIpc) is 3.41. The first-order chi connectivity index (χ1) is 20.7. The number of nitrogens with two attached hydrogens (primary N) is 1. The molecule has 9 nitrogen and oxygen atoms in total. The van der Waals surface area contributed by atoms with Crippen molar-refractivity contribution < 1.29 is 42.4 Å². The Hall–Kier alpha value is -4.55. The summed E-state index contributed by atoms with van der Waals surface area (Å²) in [5, 5.41) is 19.0. The van der Waals surface area contributed by atoms with E-state index in [9.17, 15) is 27.9 Å². The molecule has 4 rings (SSSR count). The highest BCUT2D eigenvalue weighted by Gasteiger charge is 2.40. The topological polar surface area (TPSA) is 137 Å². The first kappa shape index (κ1) is 33.9. The largest absolute Gasteiger partial charge is 0.506 e. The molecule has 3 aromatic carbocycles. The number of phenols is 1. The number of aromatic nitrogens is 2. The number of rotatable bonds is 10. The summed E-state index contributed by atoms with van der Waals surface area (Å²) in [7, 11) is 1.72. The Bertz CT molecular complexity index is 1590. The van der Waals surface area contributed by atoms with Gasteiger partial charge in [0.25, 0.3) is 0 Å². The van der Waals surface area contributed by atoms with Crippen molar-refractivity contribution in [2.45, 2.75) is 32.7 Å². The number of carbonyl (C=O) groups excluding carboxylic acids is 1. The summed E-state index contributed by atoms with van der Waals surface area (Å²) < 4.78 is 54.8. The van der Waals surface area contributed by atoms with E-state index in [1.54, 1.807) is 60.1 Å². The summed E-state index contributed by atoms with van der Waals surface area (Å²) in [6.45, 7) is 2.96. The Morgan fingerprint density at radius 1 is 1.09 bits per heavy atom. The third kappa shape index (κ3) is 8.74. The van der Waals surface area contributed by atoms with E-state index in [0.29, 0.717) is 16.3 Å². The van der Waals surface area contributed by atoms with Crippen LogP contribution in [0.1, 0.15) is 57.5 Å². The van der Waals surface area contributed by atoms with Crippen LogP contribution < -0.4 is 15.2 Å². The highest BCUT2D eigenvalue weighted by atomic mass is 35.5. The van der Waals surface area contributed by atoms with E-state index in [1.165, 1.54) is 26.4 Å². The van der Waals surface area contributed by atoms with Gasteiger partial charge in [0, 0.05) is 36.3 Å². The SMILES string of the molecule is CC(C)C(=O)c1ccc(OCC(Oc2ccccc2)c2ccc(CN)cc2Cl)c(C(F)(F)F)c1O.Cn1cnc(C(=O)O)c1. The quantitative estimate of drug-likeness (QED) is 0.165. The molecule has 0 aliphatic rings. The molecule has 13 heteroatoms. The van der Waals surface area contributed by atoms with E-state index >= 15 is 0 Å². The second-order valence-electron chi connectivity index (χ2n) is 9.87. The molecule has 1 heterocycles. The Labute approximate surface area is 256 Å². The van der Waals surface area contributed by atoms with Crippen LogP contribution >= 0.6 is 11.6 Å². The van der Waals surface area contributed by atoms with Gasteiger partial charge >= 0.3 is 12.1 Å². The number of phenolic OH excluding ortho intramolecular Hbond substituents is 1.